The highest BCUT2D eigenvalue weighted by Gasteiger charge is 2.25. The van der Waals surface area contributed by atoms with Crippen molar-refractivity contribution >= 4 is 0 Å². The van der Waals surface area contributed by atoms with Crippen LogP contribution in [0.5, 0.6) is 5.75 Å². The quantitative estimate of drug-likeness (QED) is 0.767. The second kappa shape index (κ2) is 7.84. The van der Waals surface area contributed by atoms with Crippen LogP contribution in [0.4, 0.5) is 0 Å². The Morgan fingerprint density at radius 3 is 2.52 bits per heavy atom. The van der Waals surface area contributed by atoms with Crippen molar-refractivity contribution in [2.24, 2.45) is 11.8 Å². The van der Waals surface area contributed by atoms with Gasteiger partial charge < -0.3 is 10.1 Å². The summed E-state index contributed by atoms with van der Waals surface area (Å²) in [4.78, 5) is 0. The third-order valence-corrected chi connectivity index (χ3v) is 4.39. The van der Waals surface area contributed by atoms with Crippen LogP contribution < -0.4 is 10.1 Å². The second-order valence-corrected chi connectivity index (χ2v) is 6.95. The van der Waals surface area contributed by atoms with Gasteiger partial charge in [-0.3, -0.25) is 0 Å². The summed E-state index contributed by atoms with van der Waals surface area (Å²) >= 11 is 0. The van der Waals surface area contributed by atoms with Crippen molar-refractivity contribution in [1.82, 2.24) is 5.32 Å². The minimum absolute atomic E-state index is 0.386. The zero-order valence-electron chi connectivity index (χ0n) is 14.1. The van der Waals surface area contributed by atoms with Crippen LogP contribution >= 0.6 is 0 Å². The van der Waals surface area contributed by atoms with Crippen molar-refractivity contribution in [3.63, 3.8) is 0 Å². The zero-order chi connectivity index (χ0) is 15.2. The van der Waals surface area contributed by atoms with E-state index in [0.29, 0.717) is 6.10 Å². The summed E-state index contributed by atoms with van der Waals surface area (Å²) in [5.41, 5.74) is 2.61. The van der Waals surface area contributed by atoms with Gasteiger partial charge in [-0.15, -0.1) is 0 Å². The minimum atomic E-state index is 0.386. The number of hydrogen-bond donors (Lipinski definition) is 1. The summed E-state index contributed by atoms with van der Waals surface area (Å²) in [5, 5.41) is 3.49. The molecular weight excluding hydrogens is 258 g/mol. The predicted molar refractivity (Wildman–Crippen MR) is 89.8 cm³/mol. The van der Waals surface area contributed by atoms with E-state index < -0.39 is 0 Å². The van der Waals surface area contributed by atoms with Crippen LogP contribution in [0.1, 0.15) is 57.6 Å². The Kier molecular flexibility index (Phi) is 6.10. The van der Waals surface area contributed by atoms with Crippen molar-refractivity contribution in [2.75, 3.05) is 6.54 Å². The van der Waals surface area contributed by atoms with Crippen LogP contribution in [0.15, 0.2) is 18.2 Å². The molecule has 0 heterocycles. The summed E-state index contributed by atoms with van der Waals surface area (Å²) in [6.45, 7) is 11.0. The largest absolute Gasteiger partial charge is 0.490 e. The summed E-state index contributed by atoms with van der Waals surface area (Å²) < 4.78 is 6.37. The Labute approximate surface area is 130 Å². The number of rotatable bonds is 6. The number of aryl methyl sites for hydroxylation is 1. The second-order valence-electron chi connectivity index (χ2n) is 6.95. The molecular formula is C19H31NO. The Balaban J connectivity index is 2.04. The maximum absolute atomic E-state index is 6.37. The third-order valence-electron chi connectivity index (χ3n) is 4.39. The summed E-state index contributed by atoms with van der Waals surface area (Å²) in [5.74, 6) is 2.65. The SMILES string of the molecule is CCCNCc1cc(C)ccc1OC1CC(C)CC(C)C1. The maximum Gasteiger partial charge on any atom is 0.124 e. The molecule has 2 atom stereocenters. The molecule has 0 aliphatic heterocycles. The van der Waals surface area contributed by atoms with Crippen molar-refractivity contribution in [3.05, 3.63) is 29.3 Å². The molecule has 0 saturated heterocycles. The van der Waals surface area contributed by atoms with Gasteiger partial charge in [-0.1, -0.05) is 38.5 Å². The van der Waals surface area contributed by atoms with Gasteiger partial charge in [0.2, 0.25) is 0 Å². The fraction of sp³-hybridized carbons (Fsp3) is 0.684. The van der Waals surface area contributed by atoms with Crippen molar-refractivity contribution in [1.29, 1.82) is 0 Å². The van der Waals surface area contributed by atoms with Gasteiger partial charge in [-0.25, -0.2) is 0 Å². The fourth-order valence-corrected chi connectivity index (χ4v) is 3.51. The van der Waals surface area contributed by atoms with E-state index in [4.69, 9.17) is 4.74 Å². The first-order valence-electron chi connectivity index (χ1n) is 8.55. The molecule has 0 amide bonds. The highest BCUT2D eigenvalue weighted by molar-refractivity contribution is 5.37. The lowest BCUT2D eigenvalue weighted by Crippen LogP contribution is -2.29. The molecule has 21 heavy (non-hydrogen) atoms. The molecule has 0 aromatic heterocycles. The fourth-order valence-electron chi connectivity index (χ4n) is 3.51. The molecule has 0 radical (unpaired) electrons. The van der Waals surface area contributed by atoms with Crippen LogP contribution in [0, 0.1) is 18.8 Å². The molecule has 1 fully saturated rings. The first kappa shape index (κ1) is 16.4. The highest BCUT2D eigenvalue weighted by Crippen LogP contribution is 2.32. The molecule has 2 unspecified atom stereocenters. The summed E-state index contributed by atoms with van der Waals surface area (Å²) in [6.07, 6.45) is 5.29. The van der Waals surface area contributed by atoms with Crippen LogP contribution in [-0.2, 0) is 6.54 Å². The average molecular weight is 289 g/mol. The Morgan fingerprint density at radius 2 is 1.86 bits per heavy atom. The number of nitrogens with one attached hydrogen (secondary N) is 1. The number of hydrogen-bond acceptors (Lipinski definition) is 2. The topological polar surface area (TPSA) is 21.3 Å². The van der Waals surface area contributed by atoms with Gasteiger partial charge >= 0.3 is 0 Å². The molecule has 2 heteroatoms. The first-order chi connectivity index (χ1) is 10.1. The highest BCUT2D eigenvalue weighted by atomic mass is 16.5. The van der Waals surface area contributed by atoms with Gasteiger partial charge in [-0.2, -0.15) is 0 Å². The molecule has 1 aliphatic rings. The molecule has 2 rings (SSSR count). The van der Waals surface area contributed by atoms with E-state index >= 15 is 0 Å². The number of benzene rings is 1. The van der Waals surface area contributed by atoms with Crippen LogP contribution in [0.2, 0.25) is 0 Å². The molecule has 1 saturated carbocycles. The number of ether oxygens (including phenoxy) is 1. The van der Waals surface area contributed by atoms with E-state index in [1.54, 1.807) is 0 Å². The molecule has 1 N–H and O–H groups in total. The van der Waals surface area contributed by atoms with Gasteiger partial charge in [-0.05, 0) is 57.1 Å². The molecule has 1 aromatic carbocycles. The summed E-state index contributed by atoms with van der Waals surface area (Å²) in [6, 6.07) is 6.57. The van der Waals surface area contributed by atoms with E-state index in [-0.39, 0.29) is 0 Å². The van der Waals surface area contributed by atoms with Crippen LogP contribution in [0.25, 0.3) is 0 Å². The van der Waals surface area contributed by atoms with Crippen molar-refractivity contribution < 1.29 is 4.74 Å². The van der Waals surface area contributed by atoms with E-state index in [0.717, 1.165) is 30.7 Å². The Hall–Kier alpha value is -1.02. The lowest BCUT2D eigenvalue weighted by molar-refractivity contribution is 0.0999. The van der Waals surface area contributed by atoms with E-state index in [1.807, 2.05) is 0 Å². The summed E-state index contributed by atoms with van der Waals surface area (Å²) in [7, 11) is 0. The standard InChI is InChI=1S/C19H31NO/c1-5-8-20-13-17-10-14(2)6-7-19(17)21-18-11-15(3)9-16(4)12-18/h6-7,10,15-16,18,20H,5,8-9,11-13H2,1-4H3. The third kappa shape index (κ3) is 5.03. The van der Waals surface area contributed by atoms with Crippen LogP contribution in [0.3, 0.4) is 0 Å². The van der Waals surface area contributed by atoms with E-state index in [9.17, 15) is 0 Å². The van der Waals surface area contributed by atoms with Gasteiger partial charge in [0.05, 0.1) is 6.10 Å². The molecule has 0 spiro atoms. The van der Waals surface area contributed by atoms with Gasteiger partial charge in [0, 0.05) is 12.1 Å². The van der Waals surface area contributed by atoms with Crippen molar-refractivity contribution in [3.8, 4) is 5.75 Å². The lowest BCUT2D eigenvalue weighted by atomic mass is 9.82. The monoisotopic (exact) mass is 289 g/mol. The Morgan fingerprint density at radius 1 is 1.14 bits per heavy atom. The first-order valence-corrected chi connectivity index (χ1v) is 8.55. The van der Waals surface area contributed by atoms with Gasteiger partial charge in [0.25, 0.3) is 0 Å². The van der Waals surface area contributed by atoms with Gasteiger partial charge in [0.1, 0.15) is 5.75 Å². The maximum atomic E-state index is 6.37. The Bertz CT molecular complexity index is 433. The van der Waals surface area contributed by atoms with Crippen LogP contribution in [-0.4, -0.2) is 12.6 Å². The van der Waals surface area contributed by atoms with Gasteiger partial charge in [0.15, 0.2) is 0 Å². The zero-order valence-corrected chi connectivity index (χ0v) is 14.1. The predicted octanol–water partition coefficient (Wildman–Crippen LogP) is 4.70. The van der Waals surface area contributed by atoms with E-state index in [2.05, 4.69) is 51.2 Å². The van der Waals surface area contributed by atoms with Crippen molar-refractivity contribution in [2.45, 2.75) is 66.0 Å². The lowest BCUT2D eigenvalue weighted by Gasteiger charge is -2.32. The van der Waals surface area contributed by atoms with E-state index in [1.165, 1.54) is 36.8 Å². The normalized spacial score (nSPS) is 25.8. The molecule has 2 nitrogen and oxygen atoms in total. The molecule has 1 aliphatic carbocycles. The molecule has 0 bridgehead atoms. The molecule has 118 valence electrons. The smallest absolute Gasteiger partial charge is 0.124 e. The molecule has 1 aromatic rings. The minimum Gasteiger partial charge on any atom is -0.490 e. The average Bonchev–Trinajstić information content (AvgIpc) is 2.41.